The van der Waals surface area contributed by atoms with Crippen LogP contribution in [0.5, 0.6) is 0 Å². The number of rotatable bonds is 3. The first-order chi connectivity index (χ1) is 6.63. The van der Waals surface area contributed by atoms with Crippen molar-refractivity contribution in [2.24, 2.45) is 0 Å². The zero-order valence-corrected chi connectivity index (χ0v) is 9.05. The maximum atomic E-state index is 11.4. The summed E-state index contributed by atoms with van der Waals surface area (Å²) < 4.78 is 0. The number of aryl methyl sites for hydroxylation is 2. The van der Waals surface area contributed by atoms with Crippen LogP contribution in [0.3, 0.4) is 0 Å². The van der Waals surface area contributed by atoms with E-state index in [1.54, 1.807) is 0 Å². The molecule has 0 aromatic heterocycles. The van der Waals surface area contributed by atoms with Crippen molar-refractivity contribution in [2.45, 2.75) is 27.2 Å². The van der Waals surface area contributed by atoms with Gasteiger partial charge in [0, 0.05) is 6.54 Å². The van der Waals surface area contributed by atoms with Crippen LogP contribution in [0.1, 0.15) is 23.6 Å². The average Bonchev–Trinajstić information content (AvgIpc) is 2.12. The smallest absolute Gasteiger partial charge is 0.224 e. The highest BCUT2D eigenvalue weighted by Crippen LogP contribution is 2.10. The molecule has 0 radical (unpaired) electrons. The van der Waals surface area contributed by atoms with Crippen molar-refractivity contribution < 1.29 is 4.79 Å². The number of hydrogen-bond donors (Lipinski definition) is 1. The highest BCUT2D eigenvalue weighted by atomic mass is 16.1. The molecule has 0 aliphatic heterocycles. The third-order valence-corrected chi connectivity index (χ3v) is 2.23. The fourth-order valence-electron chi connectivity index (χ4n) is 1.42. The number of likely N-dealkylation sites (N-methyl/N-ethyl adjacent to an activating group) is 1. The first-order valence-corrected chi connectivity index (χ1v) is 4.96. The molecule has 2 heteroatoms. The molecule has 0 saturated carbocycles. The summed E-state index contributed by atoms with van der Waals surface area (Å²) in [5, 5.41) is 2.80. The number of carbonyl (C=O) groups excluding carboxylic acids is 1. The van der Waals surface area contributed by atoms with E-state index in [0.29, 0.717) is 13.0 Å². The van der Waals surface area contributed by atoms with E-state index in [2.05, 4.69) is 23.5 Å². The second-order valence-corrected chi connectivity index (χ2v) is 3.56. The van der Waals surface area contributed by atoms with Crippen molar-refractivity contribution in [1.29, 1.82) is 0 Å². The van der Waals surface area contributed by atoms with Gasteiger partial charge in [0.05, 0.1) is 6.42 Å². The third-order valence-electron chi connectivity index (χ3n) is 2.23. The first kappa shape index (κ1) is 10.8. The molecule has 0 bridgehead atoms. The van der Waals surface area contributed by atoms with Gasteiger partial charge in [-0.05, 0) is 31.9 Å². The molecule has 1 N–H and O–H groups in total. The van der Waals surface area contributed by atoms with Crippen molar-refractivity contribution in [3.63, 3.8) is 0 Å². The van der Waals surface area contributed by atoms with Gasteiger partial charge in [0.2, 0.25) is 5.91 Å². The standard InChI is InChI=1S/C12H17NO/c1-4-13-12(14)8-11-7-9(2)5-6-10(11)3/h5-7H,4,8H2,1-3H3,(H,13,14). The van der Waals surface area contributed by atoms with E-state index in [-0.39, 0.29) is 5.91 Å². The van der Waals surface area contributed by atoms with Crippen LogP contribution in [0, 0.1) is 13.8 Å². The van der Waals surface area contributed by atoms with Gasteiger partial charge in [0.1, 0.15) is 0 Å². The minimum absolute atomic E-state index is 0.0983. The summed E-state index contributed by atoms with van der Waals surface area (Å²) in [5.41, 5.74) is 3.51. The van der Waals surface area contributed by atoms with Gasteiger partial charge in [-0.3, -0.25) is 4.79 Å². The Morgan fingerprint density at radius 3 is 2.71 bits per heavy atom. The lowest BCUT2D eigenvalue weighted by atomic mass is 10.0. The fourth-order valence-corrected chi connectivity index (χ4v) is 1.42. The van der Waals surface area contributed by atoms with Gasteiger partial charge >= 0.3 is 0 Å². The van der Waals surface area contributed by atoms with Crippen LogP contribution in [-0.2, 0) is 11.2 Å². The van der Waals surface area contributed by atoms with Gasteiger partial charge in [-0.15, -0.1) is 0 Å². The summed E-state index contributed by atoms with van der Waals surface area (Å²) in [5.74, 6) is 0.0983. The molecule has 0 aliphatic carbocycles. The second kappa shape index (κ2) is 4.80. The molecule has 14 heavy (non-hydrogen) atoms. The molecular formula is C12H17NO. The van der Waals surface area contributed by atoms with E-state index in [1.807, 2.05) is 20.8 Å². The molecule has 1 aromatic carbocycles. The predicted molar refractivity (Wildman–Crippen MR) is 58.3 cm³/mol. The summed E-state index contributed by atoms with van der Waals surface area (Å²) in [6, 6.07) is 6.20. The van der Waals surface area contributed by atoms with E-state index in [1.165, 1.54) is 11.1 Å². The normalized spacial score (nSPS) is 9.93. The van der Waals surface area contributed by atoms with Crippen molar-refractivity contribution >= 4 is 5.91 Å². The number of nitrogens with one attached hydrogen (secondary N) is 1. The van der Waals surface area contributed by atoms with Gasteiger partial charge in [-0.25, -0.2) is 0 Å². The quantitative estimate of drug-likeness (QED) is 0.777. The monoisotopic (exact) mass is 191 g/mol. The molecule has 0 fully saturated rings. The van der Waals surface area contributed by atoms with E-state index in [4.69, 9.17) is 0 Å². The molecule has 2 nitrogen and oxygen atoms in total. The molecule has 0 saturated heterocycles. The van der Waals surface area contributed by atoms with Crippen LogP contribution in [0.4, 0.5) is 0 Å². The molecule has 0 heterocycles. The van der Waals surface area contributed by atoms with E-state index in [0.717, 1.165) is 5.56 Å². The van der Waals surface area contributed by atoms with Crippen LogP contribution in [-0.4, -0.2) is 12.5 Å². The maximum Gasteiger partial charge on any atom is 0.224 e. The minimum Gasteiger partial charge on any atom is -0.356 e. The Morgan fingerprint density at radius 1 is 1.36 bits per heavy atom. The molecular weight excluding hydrogens is 174 g/mol. The second-order valence-electron chi connectivity index (χ2n) is 3.56. The predicted octanol–water partition coefficient (Wildman–Crippen LogP) is 1.98. The van der Waals surface area contributed by atoms with E-state index in [9.17, 15) is 4.79 Å². The number of carbonyl (C=O) groups is 1. The molecule has 1 rings (SSSR count). The summed E-state index contributed by atoms with van der Waals surface area (Å²) in [6.07, 6.45) is 0.487. The van der Waals surface area contributed by atoms with Crippen molar-refractivity contribution in [3.8, 4) is 0 Å². The first-order valence-electron chi connectivity index (χ1n) is 4.96. The zero-order valence-electron chi connectivity index (χ0n) is 9.05. The molecule has 0 atom stereocenters. The Balaban J connectivity index is 2.75. The maximum absolute atomic E-state index is 11.4. The largest absolute Gasteiger partial charge is 0.356 e. The van der Waals surface area contributed by atoms with Gasteiger partial charge in [-0.1, -0.05) is 23.8 Å². The van der Waals surface area contributed by atoms with Crippen LogP contribution in [0.25, 0.3) is 0 Å². The third kappa shape index (κ3) is 2.87. The van der Waals surface area contributed by atoms with Crippen LogP contribution >= 0.6 is 0 Å². The molecule has 76 valence electrons. The Kier molecular flexibility index (Phi) is 3.69. The Bertz CT molecular complexity index is 331. The molecule has 0 aliphatic rings. The lowest BCUT2D eigenvalue weighted by molar-refractivity contribution is -0.120. The highest BCUT2D eigenvalue weighted by Gasteiger charge is 2.04. The van der Waals surface area contributed by atoms with Gasteiger partial charge in [0.25, 0.3) is 0 Å². The van der Waals surface area contributed by atoms with Crippen LogP contribution in [0.15, 0.2) is 18.2 Å². The number of hydrogen-bond acceptors (Lipinski definition) is 1. The highest BCUT2D eigenvalue weighted by molar-refractivity contribution is 5.78. The van der Waals surface area contributed by atoms with Gasteiger partial charge in [0.15, 0.2) is 0 Å². The molecule has 0 spiro atoms. The van der Waals surface area contributed by atoms with E-state index >= 15 is 0 Å². The van der Waals surface area contributed by atoms with Gasteiger partial charge in [-0.2, -0.15) is 0 Å². The van der Waals surface area contributed by atoms with Crippen LogP contribution < -0.4 is 5.32 Å². The topological polar surface area (TPSA) is 29.1 Å². The fraction of sp³-hybridized carbons (Fsp3) is 0.417. The summed E-state index contributed by atoms with van der Waals surface area (Å²) in [4.78, 5) is 11.4. The molecule has 0 unspecified atom stereocenters. The zero-order chi connectivity index (χ0) is 10.6. The van der Waals surface area contributed by atoms with Crippen LogP contribution in [0.2, 0.25) is 0 Å². The van der Waals surface area contributed by atoms with Crippen molar-refractivity contribution in [2.75, 3.05) is 6.54 Å². The Morgan fingerprint density at radius 2 is 2.07 bits per heavy atom. The summed E-state index contributed by atoms with van der Waals surface area (Å²) >= 11 is 0. The molecule has 1 aromatic rings. The minimum atomic E-state index is 0.0983. The van der Waals surface area contributed by atoms with Gasteiger partial charge < -0.3 is 5.32 Å². The lowest BCUT2D eigenvalue weighted by Gasteiger charge is -2.06. The van der Waals surface area contributed by atoms with Crippen molar-refractivity contribution in [3.05, 3.63) is 34.9 Å². The summed E-state index contributed by atoms with van der Waals surface area (Å²) in [7, 11) is 0. The van der Waals surface area contributed by atoms with Crippen molar-refractivity contribution in [1.82, 2.24) is 5.32 Å². The number of amides is 1. The average molecular weight is 191 g/mol. The SMILES string of the molecule is CCNC(=O)Cc1cc(C)ccc1C. The number of benzene rings is 1. The summed E-state index contributed by atoms with van der Waals surface area (Å²) in [6.45, 7) is 6.71. The molecule has 1 amide bonds. The lowest BCUT2D eigenvalue weighted by Crippen LogP contribution is -2.24. The Hall–Kier alpha value is -1.31. The van der Waals surface area contributed by atoms with E-state index < -0.39 is 0 Å². The Labute approximate surface area is 85.3 Å².